The van der Waals surface area contributed by atoms with E-state index in [0.717, 1.165) is 12.3 Å². The molecule has 0 aliphatic rings. The lowest BCUT2D eigenvalue weighted by Gasteiger charge is -2.01. The number of hydrogen-bond donors (Lipinski definition) is 0. The van der Waals surface area contributed by atoms with Gasteiger partial charge < -0.3 is 0 Å². The molecule has 1 aromatic heterocycles. The predicted octanol–water partition coefficient (Wildman–Crippen LogP) is 2.47. The molecule has 1 nitrogen and oxygen atoms in total. The Hall–Kier alpha value is -1.06. The Labute approximate surface area is 61.9 Å². The molecule has 1 rings (SSSR count). The van der Waals surface area contributed by atoms with E-state index in [-0.39, 0.29) is 11.3 Å². The smallest absolute Gasteiger partial charge is 0.252 e. The highest BCUT2D eigenvalue weighted by Gasteiger charge is 2.11. The summed E-state index contributed by atoms with van der Waals surface area (Å²) in [6.45, 7) is 1.40. The Kier molecular flexibility index (Phi) is 2.12. The molecule has 0 N–H and O–H groups in total. The Bertz CT molecular complexity index is 260. The molecule has 60 valence electrons. The molecular formula is C7H6F3N. The van der Waals surface area contributed by atoms with E-state index in [4.69, 9.17) is 0 Å². The Morgan fingerprint density at radius 3 is 2.55 bits per heavy atom. The number of halogens is 3. The SMILES string of the molecule is Cc1cc(F)cnc1C(F)F. The van der Waals surface area contributed by atoms with Gasteiger partial charge in [0.1, 0.15) is 11.5 Å². The van der Waals surface area contributed by atoms with Crippen LogP contribution in [-0.2, 0) is 0 Å². The molecule has 0 radical (unpaired) electrons. The van der Waals surface area contributed by atoms with Gasteiger partial charge in [0.15, 0.2) is 0 Å². The second kappa shape index (κ2) is 2.90. The highest BCUT2D eigenvalue weighted by Crippen LogP contribution is 2.19. The van der Waals surface area contributed by atoms with Gasteiger partial charge in [-0.3, -0.25) is 4.98 Å². The summed E-state index contributed by atoms with van der Waals surface area (Å²) in [6.07, 6.45) is -1.84. The third kappa shape index (κ3) is 1.69. The van der Waals surface area contributed by atoms with Crippen LogP contribution in [0.3, 0.4) is 0 Å². The number of aromatic nitrogens is 1. The van der Waals surface area contributed by atoms with Crippen molar-refractivity contribution in [2.45, 2.75) is 13.3 Å². The van der Waals surface area contributed by atoms with Crippen LogP contribution in [0.15, 0.2) is 12.3 Å². The molecule has 0 fully saturated rings. The zero-order chi connectivity index (χ0) is 8.43. The average Bonchev–Trinajstić information content (AvgIpc) is 1.85. The summed E-state index contributed by atoms with van der Waals surface area (Å²) in [5, 5.41) is 0. The summed E-state index contributed by atoms with van der Waals surface area (Å²) in [5.41, 5.74) is -0.175. The van der Waals surface area contributed by atoms with Gasteiger partial charge in [-0.15, -0.1) is 0 Å². The van der Waals surface area contributed by atoms with Crippen molar-refractivity contribution in [1.82, 2.24) is 4.98 Å². The largest absolute Gasteiger partial charge is 0.280 e. The third-order valence-corrected chi connectivity index (χ3v) is 1.29. The first-order valence-corrected chi connectivity index (χ1v) is 3.01. The fraction of sp³-hybridized carbons (Fsp3) is 0.286. The van der Waals surface area contributed by atoms with Crippen LogP contribution in [0.1, 0.15) is 17.7 Å². The molecule has 1 heterocycles. The van der Waals surface area contributed by atoms with E-state index in [1.165, 1.54) is 6.92 Å². The summed E-state index contributed by atoms with van der Waals surface area (Å²) in [4.78, 5) is 3.25. The zero-order valence-electron chi connectivity index (χ0n) is 5.81. The van der Waals surface area contributed by atoms with Gasteiger partial charge in [0, 0.05) is 0 Å². The van der Waals surface area contributed by atoms with E-state index in [1.54, 1.807) is 0 Å². The van der Waals surface area contributed by atoms with Crippen LogP contribution in [0, 0.1) is 12.7 Å². The van der Waals surface area contributed by atoms with Crippen molar-refractivity contribution in [3.8, 4) is 0 Å². The van der Waals surface area contributed by atoms with Crippen LogP contribution in [0.4, 0.5) is 13.2 Å². The van der Waals surface area contributed by atoms with Crippen molar-refractivity contribution in [2.75, 3.05) is 0 Å². The van der Waals surface area contributed by atoms with Crippen LogP contribution in [0.25, 0.3) is 0 Å². The second-order valence-corrected chi connectivity index (χ2v) is 2.16. The first kappa shape index (κ1) is 8.04. The van der Waals surface area contributed by atoms with Gasteiger partial charge in [0.2, 0.25) is 0 Å². The fourth-order valence-corrected chi connectivity index (χ4v) is 0.780. The van der Waals surface area contributed by atoms with Gasteiger partial charge in [0.25, 0.3) is 6.43 Å². The summed E-state index contributed by atoms with van der Waals surface area (Å²) < 4.78 is 36.3. The first-order valence-electron chi connectivity index (χ1n) is 3.01. The van der Waals surface area contributed by atoms with Gasteiger partial charge in [0.05, 0.1) is 6.20 Å². The molecule has 0 aromatic carbocycles. The maximum Gasteiger partial charge on any atom is 0.280 e. The van der Waals surface area contributed by atoms with Gasteiger partial charge >= 0.3 is 0 Å². The van der Waals surface area contributed by atoms with Crippen LogP contribution in [0.5, 0.6) is 0 Å². The van der Waals surface area contributed by atoms with Crippen LogP contribution in [0.2, 0.25) is 0 Å². The molecule has 0 spiro atoms. The van der Waals surface area contributed by atoms with Crippen molar-refractivity contribution in [1.29, 1.82) is 0 Å². The second-order valence-electron chi connectivity index (χ2n) is 2.16. The molecule has 0 aliphatic heterocycles. The molecule has 4 heteroatoms. The van der Waals surface area contributed by atoms with E-state index >= 15 is 0 Å². The van der Waals surface area contributed by atoms with Crippen molar-refractivity contribution in [3.63, 3.8) is 0 Å². The van der Waals surface area contributed by atoms with E-state index in [2.05, 4.69) is 4.98 Å². The van der Waals surface area contributed by atoms with Crippen molar-refractivity contribution in [2.24, 2.45) is 0 Å². The number of hydrogen-bond acceptors (Lipinski definition) is 1. The maximum atomic E-state index is 12.3. The molecule has 0 aliphatic carbocycles. The van der Waals surface area contributed by atoms with Crippen molar-refractivity contribution >= 4 is 0 Å². The highest BCUT2D eigenvalue weighted by molar-refractivity contribution is 5.19. The minimum Gasteiger partial charge on any atom is -0.252 e. The lowest BCUT2D eigenvalue weighted by Crippen LogP contribution is -1.94. The standard InChI is InChI=1S/C7H6F3N/c1-4-2-5(8)3-11-6(4)7(9)10/h2-3,7H,1H3. The Morgan fingerprint density at radius 1 is 1.45 bits per heavy atom. The predicted molar refractivity (Wildman–Crippen MR) is 33.9 cm³/mol. The van der Waals surface area contributed by atoms with E-state index in [0.29, 0.717) is 0 Å². The van der Waals surface area contributed by atoms with Crippen molar-refractivity contribution in [3.05, 3.63) is 29.3 Å². The fourth-order valence-electron chi connectivity index (χ4n) is 0.780. The van der Waals surface area contributed by atoms with Gasteiger partial charge in [-0.05, 0) is 18.6 Å². The summed E-state index contributed by atoms with van der Waals surface area (Å²) in [6, 6.07) is 1.04. The monoisotopic (exact) mass is 161 g/mol. The van der Waals surface area contributed by atoms with E-state index in [9.17, 15) is 13.2 Å². The normalized spacial score (nSPS) is 10.6. The molecule has 11 heavy (non-hydrogen) atoms. The molecule has 1 aromatic rings. The quantitative estimate of drug-likeness (QED) is 0.616. The molecule has 0 bridgehead atoms. The number of rotatable bonds is 1. The van der Waals surface area contributed by atoms with Crippen LogP contribution < -0.4 is 0 Å². The number of aryl methyl sites for hydroxylation is 1. The van der Waals surface area contributed by atoms with Gasteiger partial charge in [-0.1, -0.05) is 0 Å². The lowest BCUT2D eigenvalue weighted by atomic mass is 10.2. The Morgan fingerprint density at radius 2 is 2.09 bits per heavy atom. The summed E-state index contributed by atoms with van der Waals surface area (Å²) in [5.74, 6) is -0.591. The molecule has 0 saturated heterocycles. The average molecular weight is 161 g/mol. The van der Waals surface area contributed by atoms with Crippen LogP contribution in [-0.4, -0.2) is 4.98 Å². The highest BCUT2D eigenvalue weighted by atomic mass is 19.3. The minimum absolute atomic E-state index is 0.181. The zero-order valence-corrected chi connectivity index (χ0v) is 5.81. The summed E-state index contributed by atoms with van der Waals surface area (Å²) >= 11 is 0. The van der Waals surface area contributed by atoms with Crippen LogP contribution >= 0.6 is 0 Å². The maximum absolute atomic E-state index is 12.3. The topological polar surface area (TPSA) is 12.9 Å². The van der Waals surface area contributed by atoms with E-state index in [1.807, 2.05) is 0 Å². The number of alkyl halides is 2. The lowest BCUT2D eigenvalue weighted by molar-refractivity contribution is 0.145. The van der Waals surface area contributed by atoms with E-state index < -0.39 is 12.2 Å². The molecule has 0 amide bonds. The Balaban J connectivity index is 3.09. The number of pyridine rings is 1. The third-order valence-electron chi connectivity index (χ3n) is 1.29. The van der Waals surface area contributed by atoms with Crippen molar-refractivity contribution < 1.29 is 13.2 Å². The minimum atomic E-state index is -2.63. The summed E-state index contributed by atoms with van der Waals surface area (Å²) in [7, 11) is 0. The van der Waals surface area contributed by atoms with Gasteiger partial charge in [-0.2, -0.15) is 0 Å². The molecule has 0 saturated carbocycles. The van der Waals surface area contributed by atoms with Gasteiger partial charge in [-0.25, -0.2) is 13.2 Å². The molecule has 0 atom stereocenters. The number of nitrogens with zero attached hydrogens (tertiary/aromatic N) is 1. The first-order chi connectivity index (χ1) is 5.11. The molecule has 0 unspecified atom stereocenters. The molecular weight excluding hydrogens is 155 g/mol.